The van der Waals surface area contributed by atoms with Crippen LogP contribution in [0.1, 0.15) is 5.56 Å². The van der Waals surface area contributed by atoms with Crippen LogP contribution in [0.15, 0.2) is 29.7 Å². The van der Waals surface area contributed by atoms with E-state index < -0.39 is 10.0 Å². The lowest BCUT2D eigenvalue weighted by Crippen LogP contribution is -2.50. The number of benzene rings is 1. The molecule has 6 heteroatoms. The molecule has 1 N–H and O–H groups in total. The minimum absolute atomic E-state index is 0.0346. The van der Waals surface area contributed by atoms with Crippen molar-refractivity contribution in [2.24, 2.45) is 5.92 Å². The van der Waals surface area contributed by atoms with Gasteiger partial charge in [0, 0.05) is 36.0 Å². The highest BCUT2D eigenvalue weighted by Gasteiger charge is 2.33. The van der Waals surface area contributed by atoms with E-state index in [2.05, 4.69) is 0 Å². The van der Waals surface area contributed by atoms with Crippen LogP contribution in [0.4, 0.5) is 0 Å². The maximum Gasteiger partial charge on any atom is 0.236 e. The highest BCUT2D eigenvalue weighted by atomic mass is 35.5. The molecule has 1 heterocycles. The molecule has 0 amide bonds. The van der Waals surface area contributed by atoms with Crippen molar-refractivity contribution >= 4 is 27.7 Å². The summed E-state index contributed by atoms with van der Waals surface area (Å²) in [6.45, 7) is 0.820. The Balaban J connectivity index is 2.02. The molecule has 2 rings (SSSR count). The van der Waals surface area contributed by atoms with Crippen LogP contribution in [0.3, 0.4) is 0 Å². The highest BCUT2D eigenvalue weighted by molar-refractivity contribution is 7.92. The Labute approximate surface area is 112 Å². The predicted molar refractivity (Wildman–Crippen MR) is 71.6 cm³/mol. The van der Waals surface area contributed by atoms with Crippen molar-refractivity contribution in [1.29, 1.82) is 0 Å². The summed E-state index contributed by atoms with van der Waals surface area (Å²) in [4.78, 5) is 0. The Morgan fingerprint density at radius 1 is 1.33 bits per heavy atom. The van der Waals surface area contributed by atoms with Gasteiger partial charge in [0.15, 0.2) is 0 Å². The first-order valence-corrected chi connectivity index (χ1v) is 7.44. The van der Waals surface area contributed by atoms with E-state index in [-0.39, 0.29) is 12.5 Å². The molecule has 98 valence electrons. The highest BCUT2D eigenvalue weighted by Crippen LogP contribution is 2.20. The number of halogens is 1. The number of hydrogen-bond donors (Lipinski definition) is 1. The van der Waals surface area contributed by atoms with E-state index in [9.17, 15) is 8.42 Å². The Morgan fingerprint density at radius 2 is 1.94 bits per heavy atom. The molecule has 1 fully saturated rings. The van der Waals surface area contributed by atoms with E-state index in [4.69, 9.17) is 16.7 Å². The van der Waals surface area contributed by atoms with Gasteiger partial charge < -0.3 is 5.11 Å². The molecule has 18 heavy (non-hydrogen) atoms. The quantitative estimate of drug-likeness (QED) is 0.914. The predicted octanol–water partition coefficient (Wildman–Crippen LogP) is 1.56. The van der Waals surface area contributed by atoms with Gasteiger partial charge in [-0.15, -0.1) is 0 Å². The number of nitrogens with zero attached hydrogens (tertiary/aromatic N) is 1. The Hall–Kier alpha value is -0.880. The summed E-state index contributed by atoms with van der Waals surface area (Å²) in [5, 5.41) is 10.7. The molecule has 1 saturated heterocycles. The van der Waals surface area contributed by atoms with Gasteiger partial charge >= 0.3 is 0 Å². The van der Waals surface area contributed by atoms with E-state index in [1.807, 2.05) is 0 Å². The normalized spacial score (nSPS) is 18.1. The lowest BCUT2D eigenvalue weighted by Gasteiger charge is -2.35. The van der Waals surface area contributed by atoms with Crippen molar-refractivity contribution < 1.29 is 13.5 Å². The largest absolute Gasteiger partial charge is 0.396 e. The molecular weight excluding hydrogens is 274 g/mol. The van der Waals surface area contributed by atoms with Gasteiger partial charge in [-0.3, -0.25) is 0 Å². The van der Waals surface area contributed by atoms with Crippen molar-refractivity contribution in [3.8, 4) is 0 Å². The van der Waals surface area contributed by atoms with Crippen molar-refractivity contribution in [3.63, 3.8) is 0 Å². The van der Waals surface area contributed by atoms with Crippen LogP contribution >= 0.6 is 11.6 Å². The smallest absolute Gasteiger partial charge is 0.236 e. The maximum atomic E-state index is 11.8. The maximum absolute atomic E-state index is 11.8. The first-order valence-electron chi connectivity index (χ1n) is 5.56. The minimum Gasteiger partial charge on any atom is -0.396 e. The van der Waals surface area contributed by atoms with Gasteiger partial charge in [0.2, 0.25) is 10.0 Å². The van der Waals surface area contributed by atoms with Crippen LogP contribution in [0.2, 0.25) is 5.02 Å². The topological polar surface area (TPSA) is 57.6 Å². The molecule has 1 aromatic rings. The SMILES string of the molecule is O=S(=O)(C=Cc1ccc(Cl)cc1)N1CC(CO)C1. The van der Waals surface area contributed by atoms with Gasteiger partial charge in [-0.05, 0) is 23.8 Å². The fourth-order valence-corrected chi connectivity index (χ4v) is 3.13. The van der Waals surface area contributed by atoms with Gasteiger partial charge in [-0.2, -0.15) is 4.31 Å². The number of aliphatic hydroxyl groups excluding tert-OH is 1. The standard InChI is InChI=1S/C12H14ClNO3S/c13-12-3-1-10(2-4-12)5-6-18(16,17)14-7-11(8-14)9-15/h1-6,11,15H,7-9H2. The fraction of sp³-hybridized carbons (Fsp3) is 0.333. The zero-order chi connectivity index (χ0) is 13.2. The van der Waals surface area contributed by atoms with Crippen molar-refractivity contribution in [2.75, 3.05) is 19.7 Å². The van der Waals surface area contributed by atoms with E-state index in [1.54, 1.807) is 24.3 Å². The summed E-state index contributed by atoms with van der Waals surface area (Å²) < 4.78 is 25.0. The molecule has 0 bridgehead atoms. The van der Waals surface area contributed by atoms with Gasteiger partial charge in [0.25, 0.3) is 0 Å². The van der Waals surface area contributed by atoms with Crippen LogP contribution in [-0.4, -0.2) is 37.5 Å². The summed E-state index contributed by atoms with van der Waals surface area (Å²) >= 11 is 5.74. The third-order valence-corrected chi connectivity index (χ3v) is 4.59. The van der Waals surface area contributed by atoms with E-state index >= 15 is 0 Å². The van der Waals surface area contributed by atoms with Gasteiger partial charge in [-0.25, -0.2) is 8.42 Å². The minimum atomic E-state index is -3.37. The Bertz CT molecular complexity index is 533. The molecule has 0 saturated carbocycles. The first kappa shape index (κ1) is 13.5. The number of sulfonamides is 1. The van der Waals surface area contributed by atoms with Gasteiger partial charge in [0.1, 0.15) is 0 Å². The molecule has 0 radical (unpaired) electrons. The molecule has 1 aliphatic heterocycles. The lowest BCUT2D eigenvalue weighted by atomic mass is 10.1. The van der Waals surface area contributed by atoms with Crippen molar-refractivity contribution in [3.05, 3.63) is 40.3 Å². The summed E-state index contributed by atoms with van der Waals surface area (Å²) in [6.07, 6.45) is 1.54. The second-order valence-corrected chi connectivity index (χ2v) is 6.52. The summed E-state index contributed by atoms with van der Waals surface area (Å²) in [7, 11) is -3.37. The van der Waals surface area contributed by atoms with Crippen molar-refractivity contribution in [1.82, 2.24) is 4.31 Å². The van der Waals surface area contributed by atoms with Crippen LogP contribution in [-0.2, 0) is 10.0 Å². The molecule has 1 aromatic carbocycles. The zero-order valence-corrected chi connectivity index (χ0v) is 11.2. The summed E-state index contributed by atoms with van der Waals surface area (Å²) in [6, 6.07) is 6.92. The molecule has 0 unspecified atom stereocenters. The summed E-state index contributed by atoms with van der Waals surface area (Å²) in [5.74, 6) is 0.0729. The number of rotatable bonds is 4. The van der Waals surface area contributed by atoms with Crippen molar-refractivity contribution in [2.45, 2.75) is 0 Å². The molecule has 4 nitrogen and oxygen atoms in total. The second kappa shape index (κ2) is 5.40. The van der Waals surface area contributed by atoms with E-state index in [1.165, 1.54) is 15.8 Å². The van der Waals surface area contributed by atoms with Gasteiger partial charge in [-0.1, -0.05) is 23.7 Å². The lowest BCUT2D eigenvalue weighted by molar-refractivity contribution is 0.118. The molecule has 0 spiro atoms. The molecule has 0 atom stereocenters. The zero-order valence-electron chi connectivity index (χ0n) is 9.66. The molecule has 1 aliphatic rings. The molecule has 0 aliphatic carbocycles. The van der Waals surface area contributed by atoms with Crippen LogP contribution < -0.4 is 0 Å². The van der Waals surface area contributed by atoms with Crippen LogP contribution in [0.25, 0.3) is 6.08 Å². The fourth-order valence-electron chi connectivity index (χ4n) is 1.67. The Morgan fingerprint density at radius 3 is 2.50 bits per heavy atom. The third kappa shape index (κ3) is 3.11. The number of aliphatic hydroxyl groups is 1. The number of hydrogen-bond acceptors (Lipinski definition) is 3. The average molecular weight is 288 g/mol. The second-order valence-electron chi connectivity index (χ2n) is 4.26. The third-order valence-electron chi connectivity index (χ3n) is 2.84. The molecular formula is C12H14ClNO3S. The van der Waals surface area contributed by atoms with Crippen LogP contribution in [0, 0.1) is 5.92 Å². The molecule has 0 aromatic heterocycles. The van der Waals surface area contributed by atoms with E-state index in [0.717, 1.165) is 5.56 Å². The van der Waals surface area contributed by atoms with Crippen LogP contribution in [0.5, 0.6) is 0 Å². The van der Waals surface area contributed by atoms with E-state index in [0.29, 0.717) is 18.1 Å². The monoisotopic (exact) mass is 287 g/mol. The summed E-state index contributed by atoms with van der Waals surface area (Å²) in [5.41, 5.74) is 0.780. The van der Waals surface area contributed by atoms with Gasteiger partial charge in [0.05, 0.1) is 0 Å². The first-order chi connectivity index (χ1) is 8.51. The average Bonchev–Trinajstić information content (AvgIpc) is 2.27. The Kier molecular flexibility index (Phi) is 4.07.